The van der Waals surface area contributed by atoms with E-state index in [9.17, 15) is 4.79 Å². The van der Waals surface area contributed by atoms with Crippen molar-refractivity contribution in [3.8, 4) is 5.75 Å². The third-order valence-corrected chi connectivity index (χ3v) is 7.44. The molecule has 2 rings (SSSR count). The molecule has 0 fully saturated rings. The van der Waals surface area contributed by atoms with Gasteiger partial charge in [-0.15, -0.1) is 0 Å². The van der Waals surface area contributed by atoms with Gasteiger partial charge in [0.2, 0.25) is 0 Å². The SMILES string of the molecule is CCCCCCCCCCCCCCCc1cccc(OC(C)C)c1C(=O)Nc1ccc(Br)cc1CC. The standard InChI is InChI=1S/C33H50BrNO2/c1-5-7-8-9-10-11-12-13-14-15-16-17-18-20-28-21-19-22-31(37-26(3)4)32(28)33(36)35-30-24-23-29(34)25-27(30)6-2/h19,21-26H,5-18,20H2,1-4H3,(H,35,36). The molecule has 0 saturated carbocycles. The molecule has 0 spiro atoms. The van der Waals surface area contributed by atoms with Crippen LogP contribution >= 0.6 is 15.9 Å². The molecule has 1 N–H and O–H groups in total. The first kappa shape index (κ1) is 31.4. The summed E-state index contributed by atoms with van der Waals surface area (Å²) in [6.07, 6.45) is 19.2. The Morgan fingerprint density at radius 2 is 1.41 bits per heavy atom. The van der Waals surface area contributed by atoms with Crippen LogP contribution in [0.5, 0.6) is 5.75 Å². The lowest BCUT2D eigenvalue weighted by Gasteiger charge is -2.18. The summed E-state index contributed by atoms with van der Waals surface area (Å²) in [7, 11) is 0. The number of benzene rings is 2. The number of anilines is 1. The molecule has 0 aromatic heterocycles. The fourth-order valence-electron chi connectivity index (χ4n) is 4.89. The molecule has 4 heteroatoms. The van der Waals surface area contributed by atoms with Gasteiger partial charge in [0.25, 0.3) is 5.91 Å². The molecular formula is C33H50BrNO2. The van der Waals surface area contributed by atoms with Crippen molar-refractivity contribution >= 4 is 27.5 Å². The number of unbranched alkanes of at least 4 members (excludes halogenated alkanes) is 12. The van der Waals surface area contributed by atoms with Crippen molar-refractivity contribution in [1.29, 1.82) is 0 Å². The molecule has 0 aliphatic heterocycles. The highest BCUT2D eigenvalue weighted by molar-refractivity contribution is 9.10. The first-order chi connectivity index (χ1) is 18.0. The first-order valence-corrected chi connectivity index (χ1v) is 15.6. The largest absolute Gasteiger partial charge is 0.490 e. The zero-order valence-electron chi connectivity index (χ0n) is 23.8. The quantitative estimate of drug-likeness (QED) is 0.170. The molecular weight excluding hydrogens is 522 g/mol. The maximum atomic E-state index is 13.5. The Hall–Kier alpha value is -1.81. The summed E-state index contributed by atoms with van der Waals surface area (Å²) in [5.74, 6) is 0.591. The molecule has 0 radical (unpaired) electrons. The van der Waals surface area contributed by atoms with Crippen molar-refractivity contribution in [3.63, 3.8) is 0 Å². The normalized spacial score (nSPS) is 11.2. The van der Waals surface area contributed by atoms with Gasteiger partial charge in [0.15, 0.2) is 0 Å². The topological polar surface area (TPSA) is 38.3 Å². The van der Waals surface area contributed by atoms with Crippen molar-refractivity contribution < 1.29 is 9.53 Å². The molecule has 0 bridgehead atoms. The second kappa shape index (κ2) is 18.4. The maximum Gasteiger partial charge on any atom is 0.259 e. The van der Waals surface area contributed by atoms with Gasteiger partial charge in [0.05, 0.1) is 11.7 Å². The highest BCUT2D eigenvalue weighted by Crippen LogP contribution is 2.28. The summed E-state index contributed by atoms with van der Waals surface area (Å²) in [6.45, 7) is 8.39. The van der Waals surface area contributed by atoms with Crippen molar-refractivity contribution in [2.75, 3.05) is 5.32 Å². The smallest absolute Gasteiger partial charge is 0.259 e. The molecule has 0 aliphatic rings. The summed E-state index contributed by atoms with van der Waals surface area (Å²) in [5.41, 5.74) is 3.74. The third kappa shape index (κ3) is 12.1. The van der Waals surface area contributed by atoms with Crippen molar-refractivity contribution in [2.24, 2.45) is 0 Å². The summed E-state index contributed by atoms with van der Waals surface area (Å²) >= 11 is 3.54. The van der Waals surface area contributed by atoms with Gasteiger partial charge in [-0.3, -0.25) is 4.79 Å². The summed E-state index contributed by atoms with van der Waals surface area (Å²) in [5, 5.41) is 3.17. The number of aryl methyl sites for hydroxylation is 2. The van der Waals surface area contributed by atoms with Crippen LogP contribution in [0.3, 0.4) is 0 Å². The number of amides is 1. The van der Waals surface area contributed by atoms with Crippen LogP contribution in [0.1, 0.15) is 133 Å². The van der Waals surface area contributed by atoms with E-state index in [-0.39, 0.29) is 12.0 Å². The van der Waals surface area contributed by atoms with Gasteiger partial charge >= 0.3 is 0 Å². The van der Waals surface area contributed by atoms with Crippen LogP contribution in [0.2, 0.25) is 0 Å². The number of hydrogen-bond acceptors (Lipinski definition) is 2. The number of halogens is 1. The van der Waals surface area contributed by atoms with Gasteiger partial charge in [-0.25, -0.2) is 0 Å². The summed E-state index contributed by atoms with van der Waals surface area (Å²) in [6, 6.07) is 12.0. The van der Waals surface area contributed by atoms with Gasteiger partial charge in [0, 0.05) is 10.2 Å². The van der Waals surface area contributed by atoms with Crippen LogP contribution in [-0.2, 0) is 12.8 Å². The number of rotatable bonds is 19. The molecule has 2 aromatic rings. The van der Waals surface area contributed by atoms with Crippen LogP contribution in [-0.4, -0.2) is 12.0 Å². The Labute approximate surface area is 235 Å². The molecule has 0 unspecified atom stereocenters. The predicted octanol–water partition coefficient (Wildman–Crippen LogP) is 10.7. The lowest BCUT2D eigenvalue weighted by atomic mass is 9.98. The third-order valence-electron chi connectivity index (χ3n) is 6.95. The van der Waals surface area contributed by atoms with Crippen molar-refractivity contribution in [3.05, 3.63) is 57.6 Å². The number of ether oxygens (including phenoxy) is 1. The van der Waals surface area contributed by atoms with Gasteiger partial charge < -0.3 is 10.1 Å². The van der Waals surface area contributed by atoms with Crippen LogP contribution in [0.15, 0.2) is 40.9 Å². The van der Waals surface area contributed by atoms with E-state index < -0.39 is 0 Å². The fraction of sp³-hybridized carbons (Fsp3) is 0.606. The number of nitrogens with one attached hydrogen (secondary N) is 1. The monoisotopic (exact) mass is 571 g/mol. The van der Waals surface area contributed by atoms with Crippen LogP contribution in [0, 0.1) is 0 Å². The number of carbonyl (C=O) groups excluding carboxylic acids is 1. The van der Waals surface area contributed by atoms with E-state index in [0.29, 0.717) is 11.3 Å². The molecule has 37 heavy (non-hydrogen) atoms. The molecule has 1 amide bonds. The molecule has 0 saturated heterocycles. The minimum absolute atomic E-state index is 0.0111. The predicted molar refractivity (Wildman–Crippen MR) is 163 cm³/mol. The molecule has 0 atom stereocenters. The maximum absolute atomic E-state index is 13.5. The van der Waals surface area contributed by atoms with Gasteiger partial charge in [-0.1, -0.05) is 119 Å². The number of hydrogen-bond donors (Lipinski definition) is 1. The van der Waals surface area contributed by atoms with Gasteiger partial charge in [0.1, 0.15) is 5.75 Å². The zero-order valence-corrected chi connectivity index (χ0v) is 25.4. The van der Waals surface area contributed by atoms with Crippen molar-refractivity contribution in [2.45, 2.75) is 130 Å². The van der Waals surface area contributed by atoms with Crippen molar-refractivity contribution in [1.82, 2.24) is 0 Å². The Morgan fingerprint density at radius 3 is 1.97 bits per heavy atom. The average Bonchev–Trinajstić information content (AvgIpc) is 2.87. The second-order valence-corrected chi connectivity index (χ2v) is 11.5. The molecule has 2 aromatic carbocycles. The molecule has 206 valence electrons. The van der Waals surface area contributed by atoms with Gasteiger partial charge in [-0.05, 0) is 68.5 Å². The fourth-order valence-corrected chi connectivity index (χ4v) is 5.30. The van der Waals surface area contributed by atoms with E-state index in [1.165, 1.54) is 77.0 Å². The van der Waals surface area contributed by atoms with Crippen LogP contribution < -0.4 is 10.1 Å². The average molecular weight is 573 g/mol. The van der Waals surface area contributed by atoms with Crippen LogP contribution in [0.4, 0.5) is 5.69 Å². The molecule has 0 aliphatic carbocycles. The van der Waals surface area contributed by atoms with Gasteiger partial charge in [-0.2, -0.15) is 0 Å². The molecule has 3 nitrogen and oxygen atoms in total. The lowest BCUT2D eigenvalue weighted by molar-refractivity contribution is 0.102. The van der Waals surface area contributed by atoms with E-state index in [0.717, 1.165) is 40.5 Å². The summed E-state index contributed by atoms with van der Waals surface area (Å²) in [4.78, 5) is 13.5. The first-order valence-electron chi connectivity index (χ1n) is 14.8. The Kier molecular flexibility index (Phi) is 15.7. The summed E-state index contributed by atoms with van der Waals surface area (Å²) < 4.78 is 7.09. The molecule has 0 heterocycles. The van der Waals surface area contributed by atoms with E-state index in [2.05, 4.69) is 47.2 Å². The van der Waals surface area contributed by atoms with E-state index in [1.807, 2.05) is 38.1 Å². The lowest BCUT2D eigenvalue weighted by Crippen LogP contribution is -2.18. The van der Waals surface area contributed by atoms with Crippen LogP contribution in [0.25, 0.3) is 0 Å². The highest BCUT2D eigenvalue weighted by Gasteiger charge is 2.19. The minimum Gasteiger partial charge on any atom is -0.490 e. The zero-order chi connectivity index (χ0) is 26.9. The van der Waals surface area contributed by atoms with E-state index in [4.69, 9.17) is 4.74 Å². The minimum atomic E-state index is -0.0852. The Bertz CT molecular complexity index is 925. The Morgan fingerprint density at radius 1 is 0.811 bits per heavy atom. The Balaban J connectivity index is 1.87. The van der Waals surface area contributed by atoms with E-state index in [1.54, 1.807) is 0 Å². The number of carbonyl (C=O) groups is 1. The second-order valence-electron chi connectivity index (χ2n) is 10.6. The highest BCUT2D eigenvalue weighted by atomic mass is 79.9. The van der Waals surface area contributed by atoms with E-state index >= 15 is 0 Å².